The van der Waals surface area contributed by atoms with Gasteiger partial charge in [-0.15, -0.1) is 11.3 Å². The van der Waals surface area contributed by atoms with Crippen LogP contribution in [0.15, 0.2) is 36.8 Å². The average Bonchev–Trinajstić information content (AvgIpc) is 3.07. The molecule has 0 bridgehead atoms. The monoisotopic (exact) mass is 387 g/mol. The highest BCUT2D eigenvalue weighted by molar-refractivity contribution is 7.15. The van der Waals surface area contributed by atoms with E-state index in [0.717, 1.165) is 35.2 Å². The highest BCUT2D eigenvalue weighted by Gasteiger charge is 2.22. The minimum absolute atomic E-state index is 0.227. The number of amides is 1. The lowest BCUT2D eigenvalue weighted by Crippen LogP contribution is -2.29. The molecule has 4 rings (SSSR count). The summed E-state index contributed by atoms with van der Waals surface area (Å²) in [5, 5.41) is 3.27. The Kier molecular flexibility index (Phi) is 4.87. The van der Waals surface area contributed by atoms with E-state index in [2.05, 4.69) is 25.2 Å². The van der Waals surface area contributed by atoms with Crippen LogP contribution in [0.3, 0.4) is 0 Å². The Morgan fingerprint density at radius 3 is 2.93 bits per heavy atom. The zero-order chi connectivity index (χ0) is 18.8. The van der Waals surface area contributed by atoms with Crippen molar-refractivity contribution in [1.82, 2.24) is 19.9 Å². The first-order chi connectivity index (χ1) is 13.1. The molecule has 1 aromatic carbocycles. The number of nitrogens with zero attached hydrogens (tertiary/aromatic N) is 4. The molecular weight excluding hydrogens is 372 g/mol. The van der Waals surface area contributed by atoms with Crippen LogP contribution in [0, 0.1) is 11.6 Å². The Labute approximate surface area is 157 Å². The SMILES string of the molecule is O=C(Nc1nc2c(s1)CN(Cc1ccc(F)c(F)c1)CC2)c1cnccn1. The second-order valence-corrected chi connectivity index (χ2v) is 7.23. The van der Waals surface area contributed by atoms with Crippen molar-refractivity contribution in [2.75, 3.05) is 11.9 Å². The van der Waals surface area contributed by atoms with E-state index >= 15 is 0 Å². The molecule has 0 fully saturated rings. The number of nitrogens with one attached hydrogen (secondary N) is 1. The quantitative estimate of drug-likeness (QED) is 0.745. The van der Waals surface area contributed by atoms with Gasteiger partial charge in [0.25, 0.3) is 5.91 Å². The van der Waals surface area contributed by atoms with Crippen LogP contribution in [0.5, 0.6) is 0 Å². The fraction of sp³-hybridized carbons (Fsp3) is 0.222. The van der Waals surface area contributed by atoms with Gasteiger partial charge in [0.2, 0.25) is 0 Å². The summed E-state index contributed by atoms with van der Waals surface area (Å²) in [7, 11) is 0. The number of benzene rings is 1. The molecule has 0 atom stereocenters. The molecule has 3 heterocycles. The van der Waals surface area contributed by atoms with Gasteiger partial charge in [-0.1, -0.05) is 6.07 Å². The van der Waals surface area contributed by atoms with Crippen molar-refractivity contribution < 1.29 is 13.6 Å². The maximum atomic E-state index is 13.4. The van der Waals surface area contributed by atoms with E-state index in [0.29, 0.717) is 18.2 Å². The van der Waals surface area contributed by atoms with E-state index < -0.39 is 11.6 Å². The van der Waals surface area contributed by atoms with Crippen molar-refractivity contribution in [3.8, 4) is 0 Å². The van der Waals surface area contributed by atoms with Gasteiger partial charge in [-0.25, -0.2) is 18.7 Å². The third-order valence-electron chi connectivity index (χ3n) is 4.22. The van der Waals surface area contributed by atoms with Crippen LogP contribution in [-0.4, -0.2) is 32.3 Å². The molecule has 0 unspecified atom stereocenters. The van der Waals surface area contributed by atoms with Gasteiger partial charge in [0, 0.05) is 43.3 Å². The molecule has 138 valence electrons. The molecule has 1 N–H and O–H groups in total. The number of hydrogen-bond donors (Lipinski definition) is 1. The maximum Gasteiger partial charge on any atom is 0.277 e. The van der Waals surface area contributed by atoms with Crippen molar-refractivity contribution >= 4 is 22.4 Å². The van der Waals surface area contributed by atoms with Gasteiger partial charge in [-0.2, -0.15) is 0 Å². The molecule has 2 aromatic heterocycles. The number of hydrogen-bond acceptors (Lipinski definition) is 6. The number of anilines is 1. The summed E-state index contributed by atoms with van der Waals surface area (Å²) in [6, 6.07) is 3.96. The van der Waals surface area contributed by atoms with Crippen molar-refractivity contribution in [2.45, 2.75) is 19.5 Å². The summed E-state index contributed by atoms with van der Waals surface area (Å²) in [6.07, 6.45) is 5.08. The number of carbonyl (C=O) groups excluding carboxylic acids is 1. The lowest BCUT2D eigenvalue weighted by molar-refractivity contribution is 0.102. The molecule has 1 amide bonds. The fourth-order valence-electron chi connectivity index (χ4n) is 2.91. The largest absolute Gasteiger partial charge is 0.296 e. The molecule has 3 aromatic rings. The average molecular weight is 387 g/mol. The van der Waals surface area contributed by atoms with Gasteiger partial charge >= 0.3 is 0 Å². The van der Waals surface area contributed by atoms with Crippen LogP contribution in [0.2, 0.25) is 0 Å². The minimum atomic E-state index is -0.842. The summed E-state index contributed by atoms with van der Waals surface area (Å²) >= 11 is 1.41. The lowest BCUT2D eigenvalue weighted by atomic mass is 10.1. The molecule has 0 spiro atoms. The van der Waals surface area contributed by atoms with E-state index in [4.69, 9.17) is 0 Å². The third-order valence-corrected chi connectivity index (χ3v) is 5.21. The zero-order valence-electron chi connectivity index (χ0n) is 14.2. The first-order valence-corrected chi connectivity index (χ1v) is 9.12. The molecule has 0 saturated carbocycles. The van der Waals surface area contributed by atoms with E-state index in [1.165, 1.54) is 36.0 Å². The number of rotatable bonds is 4. The van der Waals surface area contributed by atoms with E-state index in [1.54, 1.807) is 6.07 Å². The number of thiazole rings is 1. The summed E-state index contributed by atoms with van der Waals surface area (Å²) < 4.78 is 26.5. The predicted octanol–water partition coefficient (Wildman–Crippen LogP) is 3.02. The minimum Gasteiger partial charge on any atom is -0.296 e. The van der Waals surface area contributed by atoms with E-state index in [-0.39, 0.29) is 11.6 Å². The van der Waals surface area contributed by atoms with Crippen LogP contribution in [0.1, 0.15) is 26.6 Å². The third kappa shape index (κ3) is 3.99. The summed E-state index contributed by atoms with van der Waals surface area (Å²) in [6.45, 7) is 1.93. The van der Waals surface area contributed by atoms with Gasteiger partial charge in [0.05, 0.1) is 11.9 Å². The Balaban J connectivity index is 1.43. The molecule has 1 aliphatic rings. The lowest BCUT2D eigenvalue weighted by Gasteiger charge is -2.25. The zero-order valence-corrected chi connectivity index (χ0v) is 15.0. The molecule has 0 saturated heterocycles. The van der Waals surface area contributed by atoms with Crippen molar-refractivity contribution in [2.24, 2.45) is 0 Å². The Morgan fingerprint density at radius 2 is 2.15 bits per heavy atom. The van der Waals surface area contributed by atoms with Crippen molar-refractivity contribution in [3.05, 3.63) is 70.3 Å². The number of halogens is 2. The number of fused-ring (bicyclic) bond motifs is 1. The van der Waals surface area contributed by atoms with Gasteiger partial charge in [0.1, 0.15) is 5.69 Å². The molecule has 0 radical (unpaired) electrons. The van der Waals surface area contributed by atoms with Gasteiger partial charge in [-0.3, -0.25) is 20.0 Å². The summed E-state index contributed by atoms with van der Waals surface area (Å²) in [5.41, 5.74) is 1.90. The number of aromatic nitrogens is 3. The van der Waals surface area contributed by atoms with Crippen LogP contribution < -0.4 is 5.32 Å². The number of carbonyl (C=O) groups is 1. The van der Waals surface area contributed by atoms with Crippen LogP contribution in [0.25, 0.3) is 0 Å². The Bertz CT molecular complexity index is 979. The molecule has 0 aliphatic carbocycles. The molecular formula is C18H15F2N5OS. The predicted molar refractivity (Wildman–Crippen MR) is 96.3 cm³/mol. The second kappa shape index (κ2) is 7.45. The molecule has 27 heavy (non-hydrogen) atoms. The van der Waals surface area contributed by atoms with Gasteiger partial charge < -0.3 is 0 Å². The van der Waals surface area contributed by atoms with E-state index in [9.17, 15) is 13.6 Å². The molecule has 1 aliphatic heterocycles. The maximum absolute atomic E-state index is 13.4. The van der Waals surface area contributed by atoms with Crippen molar-refractivity contribution in [1.29, 1.82) is 0 Å². The van der Waals surface area contributed by atoms with Crippen LogP contribution in [0.4, 0.5) is 13.9 Å². The first kappa shape index (κ1) is 17.6. The molecule has 9 heteroatoms. The van der Waals surface area contributed by atoms with Gasteiger partial charge in [0.15, 0.2) is 16.8 Å². The fourth-order valence-corrected chi connectivity index (χ4v) is 3.96. The van der Waals surface area contributed by atoms with Crippen LogP contribution >= 0.6 is 11.3 Å². The van der Waals surface area contributed by atoms with E-state index in [1.807, 2.05) is 0 Å². The standard InChI is InChI=1S/C18H15F2N5OS/c19-12-2-1-11(7-13(12)20)9-25-6-3-14-16(10-25)27-18(23-14)24-17(26)15-8-21-4-5-22-15/h1-2,4-5,7-8H,3,6,9-10H2,(H,23,24,26). The molecule has 6 nitrogen and oxygen atoms in total. The second-order valence-electron chi connectivity index (χ2n) is 6.14. The highest BCUT2D eigenvalue weighted by Crippen LogP contribution is 2.29. The van der Waals surface area contributed by atoms with Crippen molar-refractivity contribution in [3.63, 3.8) is 0 Å². The Hall–Kier alpha value is -2.78. The summed E-state index contributed by atoms with van der Waals surface area (Å²) in [5.74, 6) is -2.03. The van der Waals surface area contributed by atoms with Gasteiger partial charge in [-0.05, 0) is 17.7 Å². The topological polar surface area (TPSA) is 71.0 Å². The highest BCUT2D eigenvalue weighted by atomic mass is 32.1. The van der Waals surface area contributed by atoms with Crippen LogP contribution in [-0.2, 0) is 19.5 Å². The Morgan fingerprint density at radius 1 is 1.26 bits per heavy atom. The first-order valence-electron chi connectivity index (χ1n) is 8.31. The smallest absolute Gasteiger partial charge is 0.277 e. The summed E-state index contributed by atoms with van der Waals surface area (Å²) in [4.78, 5) is 27.7. The normalized spacial score (nSPS) is 14.0.